The third-order valence-corrected chi connectivity index (χ3v) is 5.02. The minimum Gasteiger partial charge on any atom is -0.381 e. The van der Waals surface area contributed by atoms with Crippen molar-refractivity contribution in [1.82, 2.24) is 10.3 Å². The maximum Gasteiger partial charge on any atom is 0.263 e. The molecule has 20 heavy (non-hydrogen) atoms. The van der Waals surface area contributed by atoms with Gasteiger partial charge in [-0.1, -0.05) is 0 Å². The highest BCUT2D eigenvalue weighted by Crippen LogP contribution is 2.30. The van der Waals surface area contributed by atoms with Crippen molar-refractivity contribution in [2.45, 2.75) is 25.3 Å². The molecule has 0 unspecified atom stereocenters. The van der Waals surface area contributed by atoms with E-state index in [1.165, 1.54) is 11.3 Å². The van der Waals surface area contributed by atoms with Crippen LogP contribution in [-0.2, 0) is 9.47 Å². The van der Waals surface area contributed by atoms with E-state index < -0.39 is 0 Å². The topological polar surface area (TPSA) is 60.5 Å². The summed E-state index contributed by atoms with van der Waals surface area (Å²) in [4.78, 5) is 16.8. The number of thiazole rings is 1. The summed E-state index contributed by atoms with van der Waals surface area (Å²) in [5, 5.41) is 3.18. The van der Waals surface area contributed by atoms with Crippen LogP contribution in [0, 0.1) is 11.8 Å². The molecule has 0 spiro atoms. The van der Waals surface area contributed by atoms with Crippen LogP contribution in [0.2, 0.25) is 0 Å². The van der Waals surface area contributed by atoms with E-state index in [1.807, 2.05) is 0 Å². The lowest BCUT2D eigenvalue weighted by molar-refractivity contribution is -0.0259. The summed E-state index contributed by atoms with van der Waals surface area (Å²) < 4.78 is 11.1. The number of carbonyl (C=O) groups is 1. The molecule has 0 radical (unpaired) electrons. The standard InChI is InChI=1S/C14H20N2O3S/c17-14(13-7-15-9-20-13)16-12-3-6-19-8-11(12)10-1-4-18-5-2-10/h7,9-12H,1-6,8H2,(H,16,17)/t11-,12-/m1/s1. The summed E-state index contributed by atoms with van der Waals surface area (Å²) in [5.41, 5.74) is 1.69. The quantitative estimate of drug-likeness (QED) is 0.922. The summed E-state index contributed by atoms with van der Waals surface area (Å²) in [7, 11) is 0. The van der Waals surface area contributed by atoms with Crippen molar-refractivity contribution >= 4 is 17.2 Å². The highest BCUT2D eigenvalue weighted by molar-refractivity contribution is 7.11. The fourth-order valence-electron chi connectivity index (χ4n) is 3.12. The predicted octanol–water partition coefficient (Wildman–Crippen LogP) is 1.70. The number of hydrogen-bond acceptors (Lipinski definition) is 5. The van der Waals surface area contributed by atoms with E-state index in [2.05, 4.69) is 10.3 Å². The van der Waals surface area contributed by atoms with E-state index in [1.54, 1.807) is 11.7 Å². The highest BCUT2D eigenvalue weighted by Gasteiger charge is 2.34. The van der Waals surface area contributed by atoms with Gasteiger partial charge < -0.3 is 14.8 Å². The molecule has 3 heterocycles. The summed E-state index contributed by atoms with van der Waals surface area (Å²) in [6, 6.07) is 0.210. The molecule has 2 aliphatic rings. The first-order valence-electron chi connectivity index (χ1n) is 7.19. The van der Waals surface area contributed by atoms with Gasteiger partial charge in [-0.15, -0.1) is 11.3 Å². The Morgan fingerprint density at radius 2 is 2.05 bits per heavy atom. The van der Waals surface area contributed by atoms with E-state index in [4.69, 9.17) is 9.47 Å². The van der Waals surface area contributed by atoms with Crippen molar-refractivity contribution in [2.24, 2.45) is 11.8 Å². The molecule has 1 aromatic heterocycles. The van der Waals surface area contributed by atoms with Crippen molar-refractivity contribution in [1.29, 1.82) is 0 Å². The van der Waals surface area contributed by atoms with Gasteiger partial charge in [0.15, 0.2) is 0 Å². The van der Waals surface area contributed by atoms with Gasteiger partial charge in [-0.3, -0.25) is 9.78 Å². The van der Waals surface area contributed by atoms with Gasteiger partial charge in [0.1, 0.15) is 4.88 Å². The first-order chi connectivity index (χ1) is 9.84. The summed E-state index contributed by atoms with van der Waals surface area (Å²) in [5.74, 6) is 0.997. The monoisotopic (exact) mass is 296 g/mol. The van der Waals surface area contributed by atoms with Gasteiger partial charge in [0, 0.05) is 31.8 Å². The second-order valence-corrected chi connectivity index (χ2v) is 6.31. The van der Waals surface area contributed by atoms with Gasteiger partial charge in [-0.25, -0.2) is 0 Å². The van der Waals surface area contributed by atoms with Crippen molar-refractivity contribution < 1.29 is 14.3 Å². The number of aromatic nitrogens is 1. The highest BCUT2D eigenvalue weighted by atomic mass is 32.1. The van der Waals surface area contributed by atoms with Gasteiger partial charge in [0.25, 0.3) is 5.91 Å². The van der Waals surface area contributed by atoms with E-state index in [0.717, 1.165) is 45.7 Å². The Kier molecular flexibility index (Phi) is 4.65. The van der Waals surface area contributed by atoms with Gasteiger partial charge in [-0.05, 0) is 25.2 Å². The van der Waals surface area contributed by atoms with Crippen LogP contribution in [-0.4, -0.2) is 43.4 Å². The smallest absolute Gasteiger partial charge is 0.263 e. The van der Waals surface area contributed by atoms with Crippen molar-refractivity contribution in [3.05, 3.63) is 16.6 Å². The maximum atomic E-state index is 12.2. The average molecular weight is 296 g/mol. The Labute approximate surface area is 122 Å². The number of nitrogens with zero attached hydrogens (tertiary/aromatic N) is 1. The molecule has 110 valence electrons. The number of hydrogen-bond donors (Lipinski definition) is 1. The Balaban J connectivity index is 1.64. The lowest BCUT2D eigenvalue weighted by Gasteiger charge is -2.38. The molecule has 2 saturated heterocycles. The molecule has 0 aromatic carbocycles. The van der Waals surface area contributed by atoms with E-state index in [0.29, 0.717) is 16.7 Å². The van der Waals surface area contributed by atoms with Crippen LogP contribution in [0.15, 0.2) is 11.7 Å². The minimum absolute atomic E-state index is 0.00328. The molecule has 0 aliphatic carbocycles. The van der Waals surface area contributed by atoms with E-state index in [9.17, 15) is 4.79 Å². The van der Waals surface area contributed by atoms with E-state index >= 15 is 0 Å². The molecule has 0 saturated carbocycles. The fraction of sp³-hybridized carbons (Fsp3) is 0.714. The van der Waals surface area contributed by atoms with Crippen molar-refractivity contribution in [2.75, 3.05) is 26.4 Å². The molecule has 6 heteroatoms. The second kappa shape index (κ2) is 6.65. The predicted molar refractivity (Wildman–Crippen MR) is 75.8 cm³/mol. The van der Waals surface area contributed by atoms with Gasteiger partial charge in [0.05, 0.1) is 18.3 Å². The normalized spacial score (nSPS) is 28.2. The Morgan fingerprint density at radius 3 is 2.80 bits per heavy atom. The molecule has 1 aromatic rings. The van der Waals surface area contributed by atoms with Crippen LogP contribution < -0.4 is 5.32 Å². The molecule has 1 amide bonds. The van der Waals surface area contributed by atoms with Crippen LogP contribution in [0.5, 0.6) is 0 Å². The molecule has 0 bridgehead atoms. The molecule has 3 rings (SSSR count). The number of amides is 1. The molecule has 2 atom stereocenters. The van der Waals surface area contributed by atoms with Crippen LogP contribution in [0.3, 0.4) is 0 Å². The number of ether oxygens (including phenoxy) is 2. The van der Waals surface area contributed by atoms with Crippen LogP contribution in [0.1, 0.15) is 28.9 Å². The number of rotatable bonds is 3. The lowest BCUT2D eigenvalue weighted by atomic mass is 9.79. The van der Waals surface area contributed by atoms with Crippen molar-refractivity contribution in [3.63, 3.8) is 0 Å². The Hall–Kier alpha value is -0.980. The first-order valence-corrected chi connectivity index (χ1v) is 8.07. The number of carbonyl (C=O) groups excluding carboxylic acids is 1. The zero-order valence-electron chi connectivity index (χ0n) is 11.4. The maximum absolute atomic E-state index is 12.2. The number of nitrogens with one attached hydrogen (secondary N) is 1. The minimum atomic E-state index is -0.00328. The van der Waals surface area contributed by atoms with Crippen LogP contribution in [0.25, 0.3) is 0 Å². The van der Waals surface area contributed by atoms with E-state index in [-0.39, 0.29) is 11.9 Å². The van der Waals surface area contributed by atoms with Gasteiger partial charge in [-0.2, -0.15) is 0 Å². The van der Waals surface area contributed by atoms with Crippen molar-refractivity contribution in [3.8, 4) is 0 Å². The largest absolute Gasteiger partial charge is 0.381 e. The van der Waals surface area contributed by atoms with Crippen LogP contribution in [0.4, 0.5) is 0 Å². The molecule has 5 nitrogen and oxygen atoms in total. The third kappa shape index (κ3) is 3.19. The molecule has 2 aliphatic heterocycles. The second-order valence-electron chi connectivity index (χ2n) is 5.42. The van der Waals surface area contributed by atoms with Crippen LogP contribution >= 0.6 is 11.3 Å². The SMILES string of the molecule is O=C(N[C@@H]1CCOC[C@@H]1C1CCOCC1)c1cncs1. The lowest BCUT2D eigenvalue weighted by Crippen LogP contribution is -2.49. The molecule has 2 fully saturated rings. The third-order valence-electron chi connectivity index (χ3n) is 4.24. The van der Waals surface area contributed by atoms with Gasteiger partial charge in [0.2, 0.25) is 0 Å². The summed E-state index contributed by atoms with van der Waals surface area (Å²) >= 11 is 1.38. The molecular formula is C14H20N2O3S. The first kappa shape index (κ1) is 14.0. The molecular weight excluding hydrogens is 276 g/mol. The summed E-state index contributed by atoms with van der Waals surface area (Å²) in [6.45, 7) is 3.14. The van der Waals surface area contributed by atoms with Gasteiger partial charge >= 0.3 is 0 Å². The zero-order valence-corrected chi connectivity index (χ0v) is 12.2. The fourth-order valence-corrected chi connectivity index (χ4v) is 3.64. The zero-order chi connectivity index (χ0) is 13.8. The Morgan fingerprint density at radius 1 is 1.25 bits per heavy atom. The average Bonchev–Trinajstić information content (AvgIpc) is 3.03. The molecule has 1 N–H and O–H groups in total. The Bertz CT molecular complexity index is 432. The summed E-state index contributed by atoms with van der Waals surface area (Å²) in [6.07, 6.45) is 4.66.